The summed E-state index contributed by atoms with van der Waals surface area (Å²) in [5.74, 6) is -1.09. The summed E-state index contributed by atoms with van der Waals surface area (Å²) in [7, 11) is 0. The molecule has 0 aliphatic rings. The van der Waals surface area contributed by atoms with Crippen LogP contribution in [0.3, 0.4) is 0 Å². The number of anilines is 1. The van der Waals surface area contributed by atoms with E-state index in [9.17, 15) is 14.0 Å². The first kappa shape index (κ1) is 17.9. The smallest absolute Gasteiger partial charge is 0.251 e. The number of hydrogen-bond donors (Lipinski definition) is 2. The monoisotopic (exact) mass is 349 g/mol. The van der Waals surface area contributed by atoms with Crippen molar-refractivity contribution in [3.63, 3.8) is 0 Å². The average Bonchev–Trinajstić information content (AvgIpc) is 2.54. The first-order chi connectivity index (χ1) is 11.4. The van der Waals surface area contributed by atoms with Gasteiger partial charge in [0.1, 0.15) is 17.7 Å². The van der Waals surface area contributed by atoms with Gasteiger partial charge in [0.2, 0.25) is 5.91 Å². The third-order valence-electron chi connectivity index (χ3n) is 3.32. The standard InChI is InChI=1S/C17H17ClFN3O2/c1-10(2)15(17(24)21-14-8-5-12(18)9-20-14)22-16(23)11-3-6-13(19)7-4-11/h3-10,15H,1-2H3,(H,22,23)(H,20,21,24). The summed E-state index contributed by atoms with van der Waals surface area (Å²) in [4.78, 5) is 28.6. The third-order valence-corrected chi connectivity index (χ3v) is 3.54. The summed E-state index contributed by atoms with van der Waals surface area (Å²) in [6.45, 7) is 3.62. The largest absolute Gasteiger partial charge is 0.340 e. The van der Waals surface area contributed by atoms with Crippen molar-refractivity contribution in [2.24, 2.45) is 5.92 Å². The molecule has 126 valence electrons. The Hall–Kier alpha value is -2.47. The molecule has 0 fully saturated rings. The molecule has 1 heterocycles. The molecule has 2 aromatic rings. The van der Waals surface area contributed by atoms with Gasteiger partial charge in [-0.25, -0.2) is 9.37 Å². The molecule has 0 aliphatic heterocycles. The highest BCUT2D eigenvalue weighted by Crippen LogP contribution is 2.12. The molecule has 1 atom stereocenters. The van der Waals surface area contributed by atoms with E-state index in [2.05, 4.69) is 15.6 Å². The Labute approximate surface area is 144 Å². The minimum Gasteiger partial charge on any atom is -0.340 e. The van der Waals surface area contributed by atoms with Crippen molar-refractivity contribution in [2.45, 2.75) is 19.9 Å². The van der Waals surface area contributed by atoms with Gasteiger partial charge in [-0.05, 0) is 42.3 Å². The van der Waals surface area contributed by atoms with Gasteiger partial charge < -0.3 is 10.6 Å². The highest BCUT2D eigenvalue weighted by atomic mass is 35.5. The van der Waals surface area contributed by atoms with Crippen LogP contribution in [0, 0.1) is 11.7 Å². The second-order valence-corrected chi connectivity index (χ2v) is 5.99. The van der Waals surface area contributed by atoms with E-state index in [-0.39, 0.29) is 11.5 Å². The van der Waals surface area contributed by atoms with E-state index < -0.39 is 23.7 Å². The van der Waals surface area contributed by atoms with Crippen LogP contribution in [-0.2, 0) is 4.79 Å². The van der Waals surface area contributed by atoms with E-state index >= 15 is 0 Å². The Bertz CT molecular complexity index is 718. The summed E-state index contributed by atoms with van der Waals surface area (Å²) in [6, 6.07) is 7.51. The first-order valence-electron chi connectivity index (χ1n) is 7.35. The van der Waals surface area contributed by atoms with Crippen molar-refractivity contribution < 1.29 is 14.0 Å². The van der Waals surface area contributed by atoms with Gasteiger partial charge in [-0.15, -0.1) is 0 Å². The van der Waals surface area contributed by atoms with Crippen LogP contribution >= 0.6 is 11.6 Å². The Morgan fingerprint density at radius 1 is 1.12 bits per heavy atom. The molecule has 1 unspecified atom stereocenters. The van der Waals surface area contributed by atoms with Gasteiger partial charge in [0.05, 0.1) is 5.02 Å². The minimum atomic E-state index is -0.764. The summed E-state index contributed by atoms with van der Waals surface area (Å²) in [5, 5.41) is 5.75. The van der Waals surface area contributed by atoms with Crippen LogP contribution in [0.4, 0.5) is 10.2 Å². The first-order valence-corrected chi connectivity index (χ1v) is 7.73. The molecule has 24 heavy (non-hydrogen) atoms. The molecule has 0 bridgehead atoms. The normalized spacial score (nSPS) is 11.9. The number of aromatic nitrogens is 1. The summed E-state index contributed by atoms with van der Waals surface area (Å²) in [6.07, 6.45) is 1.42. The summed E-state index contributed by atoms with van der Waals surface area (Å²) in [5.41, 5.74) is 0.277. The molecule has 2 amide bonds. The van der Waals surface area contributed by atoms with Crippen molar-refractivity contribution in [3.8, 4) is 0 Å². The zero-order chi connectivity index (χ0) is 17.7. The average molecular weight is 350 g/mol. The number of hydrogen-bond acceptors (Lipinski definition) is 3. The Kier molecular flexibility index (Phi) is 5.87. The molecule has 1 aromatic heterocycles. The lowest BCUT2D eigenvalue weighted by molar-refractivity contribution is -0.118. The predicted molar refractivity (Wildman–Crippen MR) is 90.4 cm³/mol. The molecule has 0 saturated carbocycles. The molecule has 0 spiro atoms. The number of amides is 2. The molecule has 2 N–H and O–H groups in total. The molecule has 7 heteroatoms. The number of pyridine rings is 1. The quantitative estimate of drug-likeness (QED) is 0.870. The highest BCUT2D eigenvalue weighted by Gasteiger charge is 2.25. The maximum Gasteiger partial charge on any atom is 0.251 e. The fourth-order valence-electron chi connectivity index (χ4n) is 2.01. The zero-order valence-corrected chi connectivity index (χ0v) is 14.0. The van der Waals surface area contributed by atoms with Gasteiger partial charge in [0.15, 0.2) is 0 Å². The lowest BCUT2D eigenvalue weighted by Crippen LogP contribution is -2.47. The predicted octanol–water partition coefficient (Wildman–Crippen LogP) is 3.27. The Morgan fingerprint density at radius 3 is 2.33 bits per heavy atom. The van der Waals surface area contributed by atoms with Gasteiger partial charge in [0.25, 0.3) is 5.91 Å². The lowest BCUT2D eigenvalue weighted by atomic mass is 10.0. The molecular weight excluding hydrogens is 333 g/mol. The Morgan fingerprint density at radius 2 is 1.79 bits per heavy atom. The van der Waals surface area contributed by atoms with Gasteiger partial charge in [-0.2, -0.15) is 0 Å². The molecule has 1 aromatic carbocycles. The van der Waals surface area contributed by atoms with Crippen molar-refractivity contribution in [1.29, 1.82) is 0 Å². The van der Waals surface area contributed by atoms with Crippen molar-refractivity contribution >= 4 is 29.2 Å². The summed E-state index contributed by atoms with van der Waals surface area (Å²) < 4.78 is 12.9. The molecule has 5 nitrogen and oxygen atoms in total. The van der Waals surface area contributed by atoms with E-state index in [1.807, 2.05) is 13.8 Å². The van der Waals surface area contributed by atoms with Gasteiger partial charge in [-0.1, -0.05) is 25.4 Å². The van der Waals surface area contributed by atoms with Crippen LogP contribution in [0.25, 0.3) is 0 Å². The minimum absolute atomic E-state index is 0.151. The van der Waals surface area contributed by atoms with Gasteiger partial charge >= 0.3 is 0 Å². The van der Waals surface area contributed by atoms with E-state index in [1.165, 1.54) is 30.5 Å². The van der Waals surface area contributed by atoms with Crippen molar-refractivity contribution in [3.05, 3.63) is 59.0 Å². The SMILES string of the molecule is CC(C)C(NC(=O)c1ccc(F)cc1)C(=O)Nc1ccc(Cl)cn1. The maximum atomic E-state index is 12.9. The van der Waals surface area contributed by atoms with E-state index in [0.717, 1.165) is 0 Å². The number of nitrogens with one attached hydrogen (secondary N) is 2. The van der Waals surface area contributed by atoms with E-state index in [1.54, 1.807) is 12.1 Å². The molecule has 0 aliphatic carbocycles. The van der Waals surface area contributed by atoms with Crippen molar-refractivity contribution in [2.75, 3.05) is 5.32 Å². The lowest BCUT2D eigenvalue weighted by Gasteiger charge is -2.21. The van der Waals surface area contributed by atoms with Gasteiger partial charge in [0, 0.05) is 11.8 Å². The van der Waals surface area contributed by atoms with E-state index in [4.69, 9.17) is 11.6 Å². The second kappa shape index (κ2) is 7.88. The zero-order valence-electron chi connectivity index (χ0n) is 13.2. The van der Waals surface area contributed by atoms with Gasteiger partial charge in [-0.3, -0.25) is 9.59 Å². The van der Waals surface area contributed by atoms with Crippen LogP contribution in [-0.4, -0.2) is 22.8 Å². The summed E-state index contributed by atoms with van der Waals surface area (Å²) >= 11 is 5.75. The van der Waals surface area contributed by atoms with Crippen LogP contribution in [0.15, 0.2) is 42.6 Å². The molecule has 0 saturated heterocycles. The van der Waals surface area contributed by atoms with E-state index in [0.29, 0.717) is 10.8 Å². The Balaban J connectivity index is 2.07. The maximum absolute atomic E-state index is 12.9. The van der Waals surface area contributed by atoms with Crippen LogP contribution in [0.2, 0.25) is 5.02 Å². The fourth-order valence-corrected chi connectivity index (χ4v) is 2.13. The number of halogens is 2. The number of benzene rings is 1. The second-order valence-electron chi connectivity index (χ2n) is 5.55. The number of nitrogens with zero attached hydrogens (tertiary/aromatic N) is 1. The molecule has 2 rings (SSSR count). The molecular formula is C17H17ClFN3O2. The fraction of sp³-hybridized carbons (Fsp3) is 0.235. The van der Waals surface area contributed by atoms with Crippen LogP contribution < -0.4 is 10.6 Å². The van der Waals surface area contributed by atoms with Crippen molar-refractivity contribution in [1.82, 2.24) is 10.3 Å². The molecule has 0 radical (unpaired) electrons. The van der Waals surface area contributed by atoms with Crippen LogP contribution in [0.1, 0.15) is 24.2 Å². The van der Waals surface area contributed by atoms with Crippen LogP contribution in [0.5, 0.6) is 0 Å². The topological polar surface area (TPSA) is 71.1 Å². The number of rotatable bonds is 5. The third kappa shape index (κ3) is 4.76. The highest BCUT2D eigenvalue weighted by molar-refractivity contribution is 6.30. The number of carbonyl (C=O) groups excluding carboxylic acids is 2. The number of carbonyl (C=O) groups is 2.